The summed E-state index contributed by atoms with van der Waals surface area (Å²) in [7, 11) is 3.34. The second-order valence-electron chi connectivity index (χ2n) is 5.98. The lowest BCUT2D eigenvalue weighted by Crippen LogP contribution is -2.36. The number of hydrogen-bond donors (Lipinski definition) is 2. The van der Waals surface area contributed by atoms with E-state index in [4.69, 9.17) is 21.1 Å². The van der Waals surface area contributed by atoms with E-state index in [-0.39, 0.29) is 29.0 Å². The first-order chi connectivity index (χ1) is 13.0. The number of aliphatic imine (C=N–C) groups is 1. The van der Waals surface area contributed by atoms with Crippen LogP contribution in [0.3, 0.4) is 0 Å². The Kier molecular flexibility index (Phi) is 11.2. The Morgan fingerprint density at radius 1 is 1.11 bits per heavy atom. The van der Waals surface area contributed by atoms with Crippen LogP contribution in [0.25, 0.3) is 0 Å². The van der Waals surface area contributed by atoms with Gasteiger partial charge in [-0.3, -0.25) is 4.99 Å². The van der Waals surface area contributed by atoms with Gasteiger partial charge in [0.05, 0.1) is 11.6 Å². The first-order valence-electron chi connectivity index (χ1n) is 8.63. The highest BCUT2D eigenvalue weighted by atomic mass is 127. The van der Waals surface area contributed by atoms with E-state index in [2.05, 4.69) is 15.6 Å². The maximum absolute atomic E-state index is 13.2. The van der Waals surface area contributed by atoms with Crippen LogP contribution in [-0.4, -0.2) is 33.3 Å². The van der Waals surface area contributed by atoms with Crippen molar-refractivity contribution in [2.24, 2.45) is 4.99 Å². The van der Waals surface area contributed by atoms with Crippen molar-refractivity contribution < 1.29 is 13.9 Å². The molecule has 5 nitrogen and oxygen atoms in total. The van der Waals surface area contributed by atoms with Crippen LogP contribution in [0.2, 0.25) is 5.02 Å². The third kappa shape index (κ3) is 7.81. The summed E-state index contributed by atoms with van der Waals surface area (Å²) in [6, 6.07) is 10.7. The molecule has 0 spiro atoms. The topological polar surface area (TPSA) is 54.9 Å². The predicted octanol–water partition coefficient (Wildman–Crippen LogP) is 4.30. The molecular weight excluding hydrogens is 496 g/mol. The molecule has 154 valence electrons. The third-order valence-corrected chi connectivity index (χ3v) is 4.17. The molecule has 0 bridgehead atoms. The van der Waals surface area contributed by atoms with Gasteiger partial charge in [0, 0.05) is 32.8 Å². The second-order valence-corrected chi connectivity index (χ2v) is 6.39. The van der Waals surface area contributed by atoms with Crippen LogP contribution in [0, 0.1) is 12.7 Å². The number of ether oxygens (including phenoxy) is 2. The van der Waals surface area contributed by atoms with Gasteiger partial charge >= 0.3 is 0 Å². The molecule has 0 radical (unpaired) electrons. The molecule has 0 unspecified atom stereocenters. The molecule has 0 aliphatic carbocycles. The van der Waals surface area contributed by atoms with Crippen molar-refractivity contribution in [2.75, 3.05) is 27.4 Å². The quantitative estimate of drug-likeness (QED) is 0.235. The Bertz CT molecular complexity index is 790. The molecule has 0 aliphatic heterocycles. The fourth-order valence-corrected chi connectivity index (χ4v) is 2.62. The van der Waals surface area contributed by atoms with Crippen molar-refractivity contribution in [3.8, 4) is 5.75 Å². The molecule has 2 N–H and O–H groups in total. The van der Waals surface area contributed by atoms with Crippen molar-refractivity contribution in [3.05, 3.63) is 63.9 Å². The second kappa shape index (κ2) is 12.8. The molecule has 2 aromatic carbocycles. The molecule has 0 saturated heterocycles. The average Bonchev–Trinajstić information content (AvgIpc) is 2.66. The maximum atomic E-state index is 13.2. The molecule has 0 atom stereocenters. The Labute approximate surface area is 187 Å². The Morgan fingerprint density at radius 2 is 1.86 bits per heavy atom. The molecule has 0 amide bonds. The summed E-state index contributed by atoms with van der Waals surface area (Å²) < 4.78 is 24.1. The molecule has 0 fully saturated rings. The fourth-order valence-electron chi connectivity index (χ4n) is 2.41. The van der Waals surface area contributed by atoms with Gasteiger partial charge in [0.1, 0.15) is 18.2 Å². The van der Waals surface area contributed by atoms with Gasteiger partial charge < -0.3 is 20.1 Å². The third-order valence-electron chi connectivity index (χ3n) is 3.88. The lowest BCUT2D eigenvalue weighted by Gasteiger charge is -2.15. The first-order valence-corrected chi connectivity index (χ1v) is 9.01. The number of guanidine groups is 1. The van der Waals surface area contributed by atoms with Gasteiger partial charge in [-0.1, -0.05) is 29.8 Å². The van der Waals surface area contributed by atoms with Crippen LogP contribution >= 0.6 is 35.6 Å². The summed E-state index contributed by atoms with van der Waals surface area (Å²) in [5, 5.41) is 6.54. The molecule has 0 saturated carbocycles. The summed E-state index contributed by atoms with van der Waals surface area (Å²) in [5.74, 6) is 1.02. The number of nitrogens with zero attached hydrogens (tertiary/aromatic N) is 1. The van der Waals surface area contributed by atoms with E-state index in [1.165, 1.54) is 6.07 Å². The minimum absolute atomic E-state index is 0. The number of rotatable bonds is 8. The highest BCUT2D eigenvalue weighted by Gasteiger charge is 2.07. The highest BCUT2D eigenvalue weighted by Crippen LogP contribution is 2.20. The molecule has 0 heterocycles. The van der Waals surface area contributed by atoms with E-state index < -0.39 is 5.82 Å². The normalized spacial score (nSPS) is 11.0. The fraction of sp³-hybridized carbons (Fsp3) is 0.350. The monoisotopic (exact) mass is 521 g/mol. The molecule has 8 heteroatoms. The lowest BCUT2D eigenvalue weighted by molar-refractivity contribution is 0.145. The van der Waals surface area contributed by atoms with Crippen LogP contribution in [-0.2, 0) is 17.8 Å². The van der Waals surface area contributed by atoms with Crippen molar-refractivity contribution in [2.45, 2.75) is 20.0 Å². The molecule has 0 aromatic heterocycles. The van der Waals surface area contributed by atoms with Gasteiger partial charge in [0.25, 0.3) is 0 Å². The minimum atomic E-state index is -0.428. The van der Waals surface area contributed by atoms with Gasteiger partial charge in [-0.25, -0.2) is 4.39 Å². The Hall–Kier alpha value is -1.58. The summed E-state index contributed by atoms with van der Waals surface area (Å²) in [6.45, 7) is 4.07. The molecule has 0 aliphatic rings. The smallest absolute Gasteiger partial charge is 0.191 e. The van der Waals surface area contributed by atoms with E-state index >= 15 is 0 Å². The van der Waals surface area contributed by atoms with Gasteiger partial charge in [-0.15, -0.1) is 24.0 Å². The van der Waals surface area contributed by atoms with Crippen LogP contribution in [0.5, 0.6) is 5.75 Å². The zero-order valence-corrected chi connectivity index (χ0v) is 19.3. The van der Waals surface area contributed by atoms with Crippen molar-refractivity contribution in [1.29, 1.82) is 0 Å². The van der Waals surface area contributed by atoms with E-state index in [0.717, 1.165) is 22.4 Å². The van der Waals surface area contributed by atoms with Crippen LogP contribution in [0.4, 0.5) is 4.39 Å². The number of aryl methyl sites for hydroxylation is 1. The lowest BCUT2D eigenvalue weighted by atomic mass is 10.1. The summed E-state index contributed by atoms with van der Waals surface area (Å²) in [4.78, 5) is 4.21. The Balaban J connectivity index is 0.00000392. The number of benzene rings is 2. The van der Waals surface area contributed by atoms with Gasteiger partial charge in [0.15, 0.2) is 5.96 Å². The number of hydrogen-bond acceptors (Lipinski definition) is 3. The van der Waals surface area contributed by atoms with E-state index in [1.807, 2.05) is 25.1 Å². The van der Waals surface area contributed by atoms with Crippen LogP contribution in [0.15, 0.2) is 41.4 Å². The maximum Gasteiger partial charge on any atom is 0.191 e. The summed E-state index contributed by atoms with van der Waals surface area (Å²) >= 11 is 5.82. The summed E-state index contributed by atoms with van der Waals surface area (Å²) in [6.07, 6.45) is 0. The highest BCUT2D eigenvalue weighted by molar-refractivity contribution is 14.0. The van der Waals surface area contributed by atoms with Gasteiger partial charge in [-0.2, -0.15) is 0 Å². The number of methoxy groups -OCH3 is 1. The van der Waals surface area contributed by atoms with Crippen LogP contribution in [0.1, 0.15) is 16.7 Å². The summed E-state index contributed by atoms with van der Waals surface area (Å²) in [5.41, 5.74) is 3.01. The van der Waals surface area contributed by atoms with E-state index in [0.29, 0.717) is 32.3 Å². The standard InChI is InChI=1S/C20H25ClFN3O2.HI/c1-14-4-6-16(19(10-14)27-9-8-26-3)13-25-20(23-2)24-12-15-5-7-18(22)17(21)11-15;/h4-7,10-11H,8-9,12-13H2,1-3H3,(H2,23,24,25);1H. The van der Waals surface area contributed by atoms with Crippen LogP contribution < -0.4 is 15.4 Å². The van der Waals surface area contributed by atoms with Crippen molar-refractivity contribution in [3.63, 3.8) is 0 Å². The SMILES string of the molecule is CN=C(NCc1ccc(F)c(Cl)c1)NCc1ccc(C)cc1OCCOC.I. The van der Waals surface area contributed by atoms with E-state index in [9.17, 15) is 4.39 Å². The van der Waals surface area contributed by atoms with Crippen molar-refractivity contribution >= 4 is 41.5 Å². The largest absolute Gasteiger partial charge is 0.491 e. The predicted molar refractivity (Wildman–Crippen MR) is 122 cm³/mol. The Morgan fingerprint density at radius 3 is 2.54 bits per heavy atom. The molecule has 2 aromatic rings. The average molecular weight is 522 g/mol. The molecule has 28 heavy (non-hydrogen) atoms. The van der Waals surface area contributed by atoms with Gasteiger partial charge in [-0.05, 0) is 36.2 Å². The zero-order chi connectivity index (χ0) is 19.6. The molecular formula is C20H26ClFIN3O2. The minimum Gasteiger partial charge on any atom is -0.491 e. The number of nitrogens with one attached hydrogen (secondary N) is 2. The van der Waals surface area contributed by atoms with Gasteiger partial charge in [0.2, 0.25) is 0 Å². The zero-order valence-electron chi connectivity index (χ0n) is 16.2. The molecule has 2 rings (SSSR count). The first kappa shape index (κ1) is 24.5. The number of halogens is 3. The van der Waals surface area contributed by atoms with E-state index in [1.54, 1.807) is 26.3 Å². The van der Waals surface area contributed by atoms with Crippen molar-refractivity contribution in [1.82, 2.24) is 10.6 Å².